The van der Waals surface area contributed by atoms with Crippen molar-refractivity contribution in [2.45, 2.75) is 52.5 Å². The van der Waals surface area contributed by atoms with Gasteiger partial charge in [-0.2, -0.15) is 0 Å². The van der Waals surface area contributed by atoms with Crippen LogP contribution in [0.1, 0.15) is 47.0 Å². The molecule has 2 N–H and O–H groups in total. The molecular weight excluding hydrogens is 162 g/mol. The zero-order valence-electron chi connectivity index (χ0n) is 9.56. The molecule has 0 radical (unpaired) electrons. The van der Waals surface area contributed by atoms with Gasteiger partial charge in [0.15, 0.2) is 0 Å². The second kappa shape index (κ2) is 6.39. The molecule has 0 aromatic carbocycles. The van der Waals surface area contributed by atoms with Gasteiger partial charge in [0.05, 0.1) is 0 Å². The predicted molar refractivity (Wildman–Crippen MR) is 57.9 cm³/mol. The van der Waals surface area contributed by atoms with Gasteiger partial charge in [-0.3, -0.25) is 0 Å². The lowest BCUT2D eigenvalue weighted by Gasteiger charge is -2.32. The molecule has 2 heteroatoms. The average Bonchev–Trinajstić information content (AvgIpc) is 2.00. The zero-order chi connectivity index (χ0) is 10.3. The number of aliphatic hydroxyl groups is 1. The molecule has 0 heterocycles. The van der Waals surface area contributed by atoms with Crippen LogP contribution in [0.25, 0.3) is 0 Å². The molecule has 2 nitrogen and oxygen atoms in total. The molecule has 0 aromatic rings. The fourth-order valence-electron chi connectivity index (χ4n) is 1.84. The molecule has 0 amide bonds. The highest BCUT2D eigenvalue weighted by Crippen LogP contribution is 2.19. The Morgan fingerprint density at radius 2 is 2.00 bits per heavy atom. The Morgan fingerprint density at radius 1 is 1.38 bits per heavy atom. The second-order valence-electron chi connectivity index (χ2n) is 4.56. The van der Waals surface area contributed by atoms with Gasteiger partial charge in [-0.1, -0.05) is 20.8 Å². The van der Waals surface area contributed by atoms with Crippen molar-refractivity contribution in [1.82, 2.24) is 5.32 Å². The molecule has 13 heavy (non-hydrogen) atoms. The van der Waals surface area contributed by atoms with Crippen LogP contribution in [0.15, 0.2) is 0 Å². The Kier molecular flexibility index (Phi) is 6.35. The number of hydrogen-bond acceptors (Lipinski definition) is 2. The van der Waals surface area contributed by atoms with Crippen molar-refractivity contribution in [3.05, 3.63) is 0 Å². The van der Waals surface area contributed by atoms with Crippen LogP contribution in [-0.2, 0) is 0 Å². The van der Waals surface area contributed by atoms with Gasteiger partial charge in [0, 0.05) is 12.1 Å². The Bertz CT molecular complexity index is 125. The van der Waals surface area contributed by atoms with E-state index < -0.39 is 0 Å². The van der Waals surface area contributed by atoms with Crippen molar-refractivity contribution >= 4 is 0 Å². The van der Waals surface area contributed by atoms with Crippen molar-refractivity contribution in [1.29, 1.82) is 0 Å². The van der Waals surface area contributed by atoms with Gasteiger partial charge < -0.3 is 10.4 Å². The van der Waals surface area contributed by atoms with E-state index in [1.54, 1.807) is 0 Å². The summed E-state index contributed by atoms with van der Waals surface area (Å²) >= 11 is 0. The lowest BCUT2D eigenvalue weighted by Crippen LogP contribution is -2.44. The van der Waals surface area contributed by atoms with Crippen LogP contribution in [0, 0.1) is 5.92 Å². The van der Waals surface area contributed by atoms with E-state index in [0.29, 0.717) is 5.92 Å². The fourth-order valence-corrected chi connectivity index (χ4v) is 1.84. The van der Waals surface area contributed by atoms with Gasteiger partial charge in [0.2, 0.25) is 0 Å². The highest BCUT2D eigenvalue weighted by molar-refractivity contribution is 4.83. The Morgan fingerprint density at radius 3 is 2.38 bits per heavy atom. The number of hydrogen-bond donors (Lipinski definition) is 2. The normalized spacial score (nSPS) is 16.2. The van der Waals surface area contributed by atoms with E-state index in [2.05, 4.69) is 33.0 Å². The molecule has 0 spiro atoms. The second-order valence-corrected chi connectivity index (χ2v) is 4.56. The van der Waals surface area contributed by atoms with Crippen molar-refractivity contribution in [3.8, 4) is 0 Å². The van der Waals surface area contributed by atoms with Crippen molar-refractivity contribution in [2.75, 3.05) is 13.2 Å². The van der Waals surface area contributed by atoms with Crippen LogP contribution in [0.4, 0.5) is 0 Å². The van der Waals surface area contributed by atoms with Crippen LogP contribution in [-0.4, -0.2) is 23.8 Å². The monoisotopic (exact) mass is 187 g/mol. The third-order valence-corrected chi connectivity index (χ3v) is 2.32. The molecule has 0 fully saturated rings. The minimum Gasteiger partial charge on any atom is -0.396 e. The Labute approximate surface area is 82.7 Å². The Balaban J connectivity index is 3.99. The summed E-state index contributed by atoms with van der Waals surface area (Å²) in [5.74, 6) is 0.681. The van der Waals surface area contributed by atoms with Crippen molar-refractivity contribution in [3.63, 3.8) is 0 Å². The van der Waals surface area contributed by atoms with Crippen molar-refractivity contribution in [2.24, 2.45) is 5.92 Å². The highest BCUT2D eigenvalue weighted by Gasteiger charge is 2.23. The summed E-state index contributed by atoms with van der Waals surface area (Å²) in [4.78, 5) is 0. The van der Waals surface area contributed by atoms with Gasteiger partial charge in [-0.15, -0.1) is 0 Å². The fraction of sp³-hybridized carbons (Fsp3) is 1.00. The number of rotatable bonds is 7. The molecule has 0 saturated heterocycles. The molecule has 0 aliphatic carbocycles. The lowest BCUT2D eigenvalue weighted by molar-refractivity contribution is 0.198. The largest absolute Gasteiger partial charge is 0.396 e. The van der Waals surface area contributed by atoms with Crippen LogP contribution >= 0.6 is 0 Å². The summed E-state index contributed by atoms with van der Waals surface area (Å²) in [6.07, 6.45) is 3.14. The first kappa shape index (κ1) is 12.9. The molecule has 0 aliphatic rings. The smallest absolute Gasteiger partial charge is 0.0448 e. The number of aliphatic hydroxyl groups excluding tert-OH is 1. The van der Waals surface area contributed by atoms with E-state index in [1.165, 1.54) is 0 Å². The van der Waals surface area contributed by atoms with Crippen LogP contribution in [0.3, 0.4) is 0 Å². The first-order valence-electron chi connectivity index (χ1n) is 5.40. The quantitative estimate of drug-likeness (QED) is 0.640. The molecular formula is C11H25NO. The summed E-state index contributed by atoms with van der Waals surface area (Å²) < 4.78 is 0. The predicted octanol–water partition coefficient (Wildman–Crippen LogP) is 2.17. The third-order valence-electron chi connectivity index (χ3n) is 2.32. The molecule has 0 aromatic heterocycles. The van der Waals surface area contributed by atoms with Crippen LogP contribution in [0.2, 0.25) is 0 Å². The maximum atomic E-state index is 8.97. The molecule has 0 bridgehead atoms. The van der Waals surface area contributed by atoms with Gasteiger partial charge in [-0.05, 0) is 38.6 Å². The molecule has 0 rings (SSSR count). The standard InChI is InChI=1S/C11H25NO/c1-5-7-12-11(4,6-8-13)9-10(2)3/h10,12-13H,5-9H2,1-4H3. The summed E-state index contributed by atoms with van der Waals surface area (Å²) in [5.41, 5.74) is 0.124. The molecule has 0 aliphatic heterocycles. The lowest BCUT2D eigenvalue weighted by atomic mass is 9.88. The molecule has 1 unspecified atom stereocenters. The van der Waals surface area contributed by atoms with E-state index in [0.717, 1.165) is 25.8 Å². The van der Waals surface area contributed by atoms with Gasteiger partial charge in [0.1, 0.15) is 0 Å². The van der Waals surface area contributed by atoms with E-state index in [9.17, 15) is 0 Å². The first-order chi connectivity index (χ1) is 6.04. The van der Waals surface area contributed by atoms with Crippen molar-refractivity contribution < 1.29 is 5.11 Å². The highest BCUT2D eigenvalue weighted by atomic mass is 16.3. The summed E-state index contributed by atoms with van der Waals surface area (Å²) in [6, 6.07) is 0. The Hall–Kier alpha value is -0.0800. The minimum atomic E-state index is 0.124. The molecule has 0 saturated carbocycles. The molecule has 80 valence electrons. The summed E-state index contributed by atoms with van der Waals surface area (Å²) in [5, 5.41) is 12.5. The minimum absolute atomic E-state index is 0.124. The van der Waals surface area contributed by atoms with Gasteiger partial charge in [-0.25, -0.2) is 0 Å². The first-order valence-corrected chi connectivity index (χ1v) is 5.40. The van der Waals surface area contributed by atoms with E-state index in [1.807, 2.05) is 0 Å². The van der Waals surface area contributed by atoms with Crippen LogP contribution < -0.4 is 5.32 Å². The van der Waals surface area contributed by atoms with Gasteiger partial charge >= 0.3 is 0 Å². The third kappa shape index (κ3) is 6.05. The van der Waals surface area contributed by atoms with Gasteiger partial charge in [0.25, 0.3) is 0 Å². The van der Waals surface area contributed by atoms with E-state index in [-0.39, 0.29) is 12.1 Å². The SMILES string of the molecule is CCCNC(C)(CCO)CC(C)C. The van der Waals surface area contributed by atoms with Crippen LogP contribution in [0.5, 0.6) is 0 Å². The number of nitrogens with one attached hydrogen (secondary N) is 1. The average molecular weight is 187 g/mol. The molecule has 1 atom stereocenters. The van der Waals surface area contributed by atoms with E-state index in [4.69, 9.17) is 5.11 Å². The topological polar surface area (TPSA) is 32.3 Å². The summed E-state index contributed by atoms with van der Waals surface area (Å²) in [7, 11) is 0. The van der Waals surface area contributed by atoms with E-state index >= 15 is 0 Å². The maximum absolute atomic E-state index is 8.97. The zero-order valence-corrected chi connectivity index (χ0v) is 9.56. The maximum Gasteiger partial charge on any atom is 0.0448 e. The summed E-state index contributed by atoms with van der Waals surface area (Å²) in [6.45, 7) is 10.1.